The van der Waals surface area contributed by atoms with E-state index in [9.17, 15) is 0 Å². The summed E-state index contributed by atoms with van der Waals surface area (Å²) in [4.78, 5) is 11.0. The van der Waals surface area contributed by atoms with Crippen molar-refractivity contribution in [2.75, 3.05) is 7.11 Å². The molecule has 3 aromatic rings. The average molecular weight is 361 g/mol. The number of benzene rings is 2. The van der Waals surface area contributed by atoms with E-state index in [1.165, 1.54) is 24.8 Å². The first-order valence-electron chi connectivity index (χ1n) is 10.1. The second kappa shape index (κ2) is 7.10. The Hall–Kier alpha value is -2.17. The van der Waals surface area contributed by atoms with Gasteiger partial charge in [-0.3, -0.25) is 4.90 Å². The Labute approximate surface area is 160 Å². The number of hydrogen-bond donors (Lipinski definition) is 1. The summed E-state index contributed by atoms with van der Waals surface area (Å²) in [6.45, 7) is 0.891. The molecule has 2 fully saturated rings. The normalized spacial score (nSPS) is 28.0. The minimum atomic E-state index is 0.299. The van der Waals surface area contributed by atoms with Crippen LogP contribution in [0.1, 0.15) is 30.7 Å². The van der Waals surface area contributed by atoms with Crippen molar-refractivity contribution in [2.24, 2.45) is 5.92 Å². The van der Waals surface area contributed by atoms with E-state index in [0.29, 0.717) is 24.1 Å². The molecule has 0 radical (unpaired) electrons. The number of aromatic nitrogens is 2. The summed E-state index contributed by atoms with van der Waals surface area (Å²) in [6.07, 6.45) is 5.13. The van der Waals surface area contributed by atoms with Crippen LogP contribution in [0.5, 0.6) is 0 Å². The highest BCUT2D eigenvalue weighted by atomic mass is 16.5. The summed E-state index contributed by atoms with van der Waals surface area (Å²) in [5.41, 5.74) is 3.61. The molecule has 2 aliphatic rings. The number of rotatable bonds is 5. The van der Waals surface area contributed by atoms with E-state index in [1.54, 1.807) is 0 Å². The molecule has 3 heterocycles. The Morgan fingerprint density at radius 1 is 1.07 bits per heavy atom. The summed E-state index contributed by atoms with van der Waals surface area (Å²) in [5.74, 6) is 1.67. The van der Waals surface area contributed by atoms with Gasteiger partial charge in [0.2, 0.25) is 0 Å². The number of H-pyrrole nitrogens is 1. The number of nitrogens with one attached hydrogen (secondary N) is 1. The number of ether oxygens (including phenoxy) is 1. The minimum absolute atomic E-state index is 0.299. The second-order valence-corrected chi connectivity index (χ2v) is 8.06. The van der Waals surface area contributed by atoms with Crippen molar-refractivity contribution in [3.63, 3.8) is 0 Å². The fourth-order valence-corrected chi connectivity index (χ4v) is 5.34. The van der Waals surface area contributed by atoms with Gasteiger partial charge in [-0.15, -0.1) is 0 Å². The maximum Gasteiger partial charge on any atom is 0.121 e. The topological polar surface area (TPSA) is 41.1 Å². The molecule has 2 bridgehead atoms. The van der Waals surface area contributed by atoms with Gasteiger partial charge in [-0.05, 0) is 49.3 Å². The third-order valence-electron chi connectivity index (χ3n) is 6.49. The van der Waals surface area contributed by atoms with Crippen LogP contribution in [0, 0.1) is 5.92 Å². The summed E-state index contributed by atoms with van der Waals surface area (Å²) in [7, 11) is 1.89. The van der Waals surface area contributed by atoms with Gasteiger partial charge in [-0.25, -0.2) is 4.98 Å². The SMILES string of the molecule is CO[C@@H]1C(Cc2ccccc2)CC2CCC1N2Cc1nc2ccccc2[nH]1. The van der Waals surface area contributed by atoms with Crippen LogP contribution in [0.25, 0.3) is 11.0 Å². The summed E-state index contributed by atoms with van der Waals surface area (Å²) >= 11 is 0. The molecule has 4 heteroatoms. The van der Waals surface area contributed by atoms with Crippen LogP contribution in [0.4, 0.5) is 0 Å². The highest BCUT2D eigenvalue weighted by molar-refractivity contribution is 5.74. The summed E-state index contributed by atoms with van der Waals surface area (Å²) in [5, 5.41) is 0. The van der Waals surface area contributed by atoms with Crippen molar-refractivity contribution in [3.05, 3.63) is 66.0 Å². The van der Waals surface area contributed by atoms with Gasteiger partial charge in [0.05, 0.1) is 23.7 Å². The van der Waals surface area contributed by atoms with Crippen molar-refractivity contribution >= 4 is 11.0 Å². The number of nitrogens with zero attached hydrogens (tertiary/aromatic N) is 2. The molecule has 4 nitrogen and oxygen atoms in total. The van der Waals surface area contributed by atoms with Crippen molar-refractivity contribution in [1.29, 1.82) is 0 Å². The molecule has 0 amide bonds. The standard InChI is InChI=1S/C23H27N3O/c1-27-23-17(13-16-7-3-2-4-8-16)14-18-11-12-21(23)26(18)15-22-24-19-9-5-6-10-20(19)25-22/h2-10,17-18,21,23H,11-15H2,1H3,(H,24,25)/t17?,18?,21?,23-/m1/s1. The van der Waals surface area contributed by atoms with Crippen LogP contribution in [-0.2, 0) is 17.7 Å². The van der Waals surface area contributed by atoms with Crippen LogP contribution in [0.3, 0.4) is 0 Å². The zero-order valence-electron chi connectivity index (χ0n) is 15.8. The summed E-state index contributed by atoms with van der Waals surface area (Å²) in [6, 6.07) is 20.3. The molecule has 3 unspecified atom stereocenters. The first-order valence-corrected chi connectivity index (χ1v) is 10.1. The number of imidazole rings is 1. The lowest BCUT2D eigenvalue weighted by molar-refractivity contribution is -0.0573. The van der Waals surface area contributed by atoms with Crippen LogP contribution < -0.4 is 0 Å². The van der Waals surface area contributed by atoms with Gasteiger partial charge >= 0.3 is 0 Å². The smallest absolute Gasteiger partial charge is 0.121 e. The Morgan fingerprint density at radius 3 is 2.70 bits per heavy atom. The molecule has 2 saturated heterocycles. The molecule has 5 rings (SSSR count). The number of methoxy groups -OCH3 is 1. The van der Waals surface area contributed by atoms with E-state index < -0.39 is 0 Å². The van der Waals surface area contributed by atoms with Gasteiger partial charge in [0.15, 0.2) is 0 Å². The van der Waals surface area contributed by atoms with Gasteiger partial charge < -0.3 is 9.72 Å². The lowest BCUT2D eigenvalue weighted by atomic mass is 9.83. The predicted molar refractivity (Wildman–Crippen MR) is 107 cm³/mol. The first-order chi connectivity index (χ1) is 13.3. The molecule has 1 N–H and O–H groups in total. The second-order valence-electron chi connectivity index (χ2n) is 8.06. The van der Waals surface area contributed by atoms with E-state index in [-0.39, 0.29) is 0 Å². The highest BCUT2D eigenvalue weighted by Gasteiger charge is 2.47. The summed E-state index contributed by atoms with van der Waals surface area (Å²) < 4.78 is 6.06. The van der Waals surface area contributed by atoms with Gasteiger partial charge in [-0.1, -0.05) is 42.5 Å². The number of para-hydroxylation sites is 2. The zero-order valence-corrected chi connectivity index (χ0v) is 15.8. The fraction of sp³-hybridized carbons (Fsp3) is 0.435. The Bertz CT molecular complexity index is 873. The fourth-order valence-electron chi connectivity index (χ4n) is 5.34. The van der Waals surface area contributed by atoms with Crippen molar-refractivity contribution in [1.82, 2.24) is 14.9 Å². The highest BCUT2D eigenvalue weighted by Crippen LogP contribution is 2.42. The quantitative estimate of drug-likeness (QED) is 0.741. The van der Waals surface area contributed by atoms with Crippen molar-refractivity contribution < 1.29 is 4.74 Å². The molecular formula is C23H27N3O. The van der Waals surface area contributed by atoms with Gasteiger partial charge in [0.1, 0.15) is 5.82 Å². The van der Waals surface area contributed by atoms with Crippen LogP contribution in [-0.4, -0.2) is 40.2 Å². The van der Waals surface area contributed by atoms with Crippen molar-refractivity contribution in [2.45, 2.75) is 50.4 Å². The lowest BCUT2D eigenvalue weighted by Crippen LogP contribution is -2.52. The number of fused-ring (bicyclic) bond motifs is 3. The first kappa shape index (κ1) is 17.0. The van der Waals surface area contributed by atoms with Crippen molar-refractivity contribution in [3.8, 4) is 0 Å². The third-order valence-corrected chi connectivity index (χ3v) is 6.49. The van der Waals surface area contributed by atoms with Crippen LogP contribution >= 0.6 is 0 Å². The third kappa shape index (κ3) is 3.17. The molecule has 2 aromatic carbocycles. The molecule has 27 heavy (non-hydrogen) atoms. The van der Waals surface area contributed by atoms with Gasteiger partial charge in [-0.2, -0.15) is 0 Å². The largest absolute Gasteiger partial charge is 0.380 e. The number of piperidine rings is 1. The monoisotopic (exact) mass is 361 g/mol. The molecule has 0 aliphatic carbocycles. The molecule has 1 aromatic heterocycles. The molecule has 0 saturated carbocycles. The number of hydrogen-bond acceptors (Lipinski definition) is 3. The average Bonchev–Trinajstić information content (AvgIpc) is 3.22. The van der Waals surface area contributed by atoms with Crippen LogP contribution in [0.2, 0.25) is 0 Å². The Morgan fingerprint density at radius 2 is 1.89 bits per heavy atom. The van der Waals surface area contributed by atoms with Gasteiger partial charge in [0.25, 0.3) is 0 Å². The maximum atomic E-state index is 6.06. The Kier molecular flexibility index (Phi) is 4.46. The van der Waals surface area contributed by atoms with Crippen LogP contribution in [0.15, 0.2) is 54.6 Å². The van der Waals surface area contributed by atoms with E-state index in [1.807, 2.05) is 13.2 Å². The molecule has 4 atom stereocenters. The number of aromatic amines is 1. The minimum Gasteiger partial charge on any atom is -0.380 e. The van der Waals surface area contributed by atoms with Gasteiger partial charge in [0, 0.05) is 19.2 Å². The molecular weight excluding hydrogens is 334 g/mol. The Balaban J connectivity index is 1.35. The maximum absolute atomic E-state index is 6.06. The van der Waals surface area contributed by atoms with E-state index in [2.05, 4.69) is 58.4 Å². The molecule has 0 spiro atoms. The molecule has 140 valence electrons. The molecule has 2 aliphatic heterocycles. The van der Waals surface area contributed by atoms with E-state index in [4.69, 9.17) is 9.72 Å². The van der Waals surface area contributed by atoms with E-state index in [0.717, 1.165) is 29.8 Å². The van der Waals surface area contributed by atoms with E-state index >= 15 is 0 Å². The lowest BCUT2D eigenvalue weighted by Gasteiger charge is -2.44. The zero-order chi connectivity index (χ0) is 18.2. The predicted octanol–water partition coefficient (Wildman–Crippen LogP) is 4.17.